The van der Waals surface area contributed by atoms with Crippen molar-refractivity contribution < 1.29 is 18.0 Å². The molecule has 0 aliphatic rings. The predicted octanol–water partition coefficient (Wildman–Crippen LogP) is 5.48. The van der Waals surface area contributed by atoms with E-state index in [1.54, 1.807) is 25.1 Å². The first kappa shape index (κ1) is 30.2. The highest BCUT2D eigenvalue weighted by Crippen LogP contribution is 2.26. The maximum absolute atomic E-state index is 14.0. The van der Waals surface area contributed by atoms with E-state index in [2.05, 4.69) is 5.32 Å². The molecule has 208 valence electrons. The number of hydrogen-bond donors (Lipinski definition) is 1. The zero-order chi connectivity index (χ0) is 29.0. The van der Waals surface area contributed by atoms with Gasteiger partial charge in [0.2, 0.25) is 11.8 Å². The van der Waals surface area contributed by atoms with E-state index >= 15 is 0 Å². The molecular formula is C30H36ClN3O4S. The lowest BCUT2D eigenvalue weighted by Gasteiger charge is -2.33. The molecule has 2 amide bonds. The van der Waals surface area contributed by atoms with Crippen LogP contribution in [-0.4, -0.2) is 43.3 Å². The molecule has 0 radical (unpaired) electrons. The van der Waals surface area contributed by atoms with Gasteiger partial charge in [-0.2, -0.15) is 0 Å². The number of nitrogens with zero attached hydrogens (tertiary/aromatic N) is 2. The van der Waals surface area contributed by atoms with Gasteiger partial charge in [0.1, 0.15) is 12.6 Å². The maximum Gasteiger partial charge on any atom is 0.264 e. The van der Waals surface area contributed by atoms with Gasteiger partial charge in [0.25, 0.3) is 10.0 Å². The monoisotopic (exact) mass is 569 g/mol. The molecule has 0 heterocycles. The second kappa shape index (κ2) is 12.2. The van der Waals surface area contributed by atoms with E-state index in [0.29, 0.717) is 10.7 Å². The number of amides is 2. The Morgan fingerprint density at radius 3 is 2.08 bits per heavy atom. The van der Waals surface area contributed by atoms with Crippen molar-refractivity contribution in [3.63, 3.8) is 0 Å². The molecule has 0 fully saturated rings. The molecule has 0 saturated carbocycles. The van der Waals surface area contributed by atoms with Crippen LogP contribution < -0.4 is 9.62 Å². The van der Waals surface area contributed by atoms with Crippen molar-refractivity contribution >= 4 is 39.1 Å². The van der Waals surface area contributed by atoms with E-state index < -0.39 is 34.1 Å². The lowest BCUT2D eigenvalue weighted by Crippen LogP contribution is -2.54. The topological polar surface area (TPSA) is 86.8 Å². The fourth-order valence-electron chi connectivity index (χ4n) is 4.11. The summed E-state index contributed by atoms with van der Waals surface area (Å²) in [5.41, 5.74) is 2.53. The number of hydrogen-bond acceptors (Lipinski definition) is 4. The van der Waals surface area contributed by atoms with Crippen LogP contribution in [0.2, 0.25) is 5.02 Å². The molecule has 3 aromatic carbocycles. The molecule has 3 rings (SSSR count). The normalized spacial score (nSPS) is 12.5. The summed E-state index contributed by atoms with van der Waals surface area (Å²) in [5, 5.41) is 3.33. The SMILES string of the molecule is Cc1cccc(CN(C(=O)CN(c2cccc(C)c2)S(=O)(=O)c2ccc(Cl)cc2)[C@@H](C)C(=O)NC(C)(C)C)c1. The third-order valence-corrected chi connectivity index (χ3v) is 8.11. The maximum atomic E-state index is 14.0. The molecule has 3 aromatic rings. The first-order valence-corrected chi connectivity index (χ1v) is 14.5. The summed E-state index contributed by atoms with van der Waals surface area (Å²) in [7, 11) is -4.14. The lowest BCUT2D eigenvalue weighted by molar-refractivity contribution is -0.140. The average Bonchev–Trinajstić information content (AvgIpc) is 2.84. The number of anilines is 1. The molecule has 0 unspecified atom stereocenters. The Balaban J connectivity index is 2.04. The number of aryl methyl sites for hydroxylation is 2. The van der Waals surface area contributed by atoms with E-state index in [1.165, 1.54) is 29.2 Å². The molecule has 39 heavy (non-hydrogen) atoms. The van der Waals surface area contributed by atoms with Gasteiger partial charge < -0.3 is 10.2 Å². The summed E-state index contributed by atoms with van der Waals surface area (Å²) < 4.78 is 28.8. The smallest absolute Gasteiger partial charge is 0.264 e. The van der Waals surface area contributed by atoms with Gasteiger partial charge in [-0.3, -0.25) is 13.9 Å². The Kier molecular flexibility index (Phi) is 9.46. The van der Waals surface area contributed by atoms with Crippen LogP contribution in [0.15, 0.2) is 77.7 Å². The van der Waals surface area contributed by atoms with Crippen LogP contribution in [0, 0.1) is 13.8 Å². The van der Waals surface area contributed by atoms with Crippen LogP contribution in [0.5, 0.6) is 0 Å². The van der Waals surface area contributed by atoms with Crippen LogP contribution in [0.1, 0.15) is 44.4 Å². The van der Waals surface area contributed by atoms with E-state index in [-0.39, 0.29) is 17.3 Å². The van der Waals surface area contributed by atoms with Crippen LogP contribution in [-0.2, 0) is 26.2 Å². The van der Waals surface area contributed by atoms with Crippen LogP contribution >= 0.6 is 11.6 Å². The van der Waals surface area contributed by atoms with Gasteiger partial charge in [-0.15, -0.1) is 0 Å². The molecule has 0 spiro atoms. The van der Waals surface area contributed by atoms with Gasteiger partial charge in [-0.25, -0.2) is 8.42 Å². The number of benzene rings is 3. The number of rotatable bonds is 9. The number of carbonyl (C=O) groups is 2. The zero-order valence-corrected chi connectivity index (χ0v) is 24.8. The summed E-state index contributed by atoms with van der Waals surface area (Å²) >= 11 is 6.00. The summed E-state index contributed by atoms with van der Waals surface area (Å²) in [6, 6.07) is 19.6. The van der Waals surface area contributed by atoms with Crippen molar-refractivity contribution in [1.29, 1.82) is 0 Å². The third-order valence-electron chi connectivity index (χ3n) is 6.07. The van der Waals surface area contributed by atoms with Crippen molar-refractivity contribution in [2.24, 2.45) is 0 Å². The molecule has 9 heteroatoms. The van der Waals surface area contributed by atoms with Crippen LogP contribution in [0.3, 0.4) is 0 Å². The Labute approximate surface area is 236 Å². The molecule has 0 bridgehead atoms. The standard InChI is InChI=1S/C30H36ClN3O4S/c1-21-9-7-11-24(17-21)19-33(23(3)29(36)32-30(4,5)6)28(35)20-34(26-12-8-10-22(2)18-26)39(37,38)27-15-13-25(31)14-16-27/h7-18,23H,19-20H2,1-6H3,(H,32,36)/t23-/m0/s1. The summed E-state index contributed by atoms with van der Waals surface area (Å²) in [5.74, 6) is -0.835. The highest BCUT2D eigenvalue weighted by molar-refractivity contribution is 7.92. The van der Waals surface area contributed by atoms with E-state index in [0.717, 1.165) is 21.0 Å². The van der Waals surface area contributed by atoms with Crippen molar-refractivity contribution in [2.45, 2.75) is 64.6 Å². The van der Waals surface area contributed by atoms with E-state index in [1.807, 2.05) is 65.0 Å². The predicted molar refractivity (Wildman–Crippen MR) is 156 cm³/mol. The minimum atomic E-state index is -4.14. The molecule has 1 atom stereocenters. The summed E-state index contributed by atoms with van der Waals surface area (Å²) in [6.07, 6.45) is 0. The Morgan fingerprint density at radius 1 is 0.923 bits per heavy atom. The van der Waals surface area contributed by atoms with Gasteiger partial charge in [0, 0.05) is 17.1 Å². The molecule has 7 nitrogen and oxygen atoms in total. The minimum Gasteiger partial charge on any atom is -0.350 e. The van der Waals surface area contributed by atoms with Crippen molar-refractivity contribution in [1.82, 2.24) is 10.2 Å². The van der Waals surface area contributed by atoms with Gasteiger partial charge in [-0.05, 0) is 89.1 Å². The highest BCUT2D eigenvalue weighted by Gasteiger charge is 2.33. The average molecular weight is 570 g/mol. The van der Waals surface area contributed by atoms with E-state index in [4.69, 9.17) is 11.6 Å². The molecule has 0 aromatic heterocycles. The first-order chi connectivity index (χ1) is 18.2. The number of carbonyl (C=O) groups excluding carboxylic acids is 2. The minimum absolute atomic E-state index is 0.00460. The van der Waals surface area contributed by atoms with Gasteiger partial charge in [0.15, 0.2) is 0 Å². The molecule has 0 saturated heterocycles. The van der Waals surface area contributed by atoms with Gasteiger partial charge in [-0.1, -0.05) is 53.6 Å². The van der Waals surface area contributed by atoms with Crippen molar-refractivity contribution in [2.75, 3.05) is 10.8 Å². The van der Waals surface area contributed by atoms with Crippen molar-refractivity contribution in [3.05, 3.63) is 94.5 Å². The second-order valence-electron chi connectivity index (χ2n) is 10.7. The zero-order valence-electron chi connectivity index (χ0n) is 23.2. The Hall–Kier alpha value is -3.36. The second-order valence-corrected chi connectivity index (χ2v) is 13.0. The Morgan fingerprint density at radius 2 is 1.51 bits per heavy atom. The van der Waals surface area contributed by atoms with Gasteiger partial charge in [0.05, 0.1) is 10.6 Å². The lowest BCUT2D eigenvalue weighted by atomic mass is 10.1. The number of halogens is 1. The first-order valence-electron chi connectivity index (χ1n) is 12.7. The Bertz CT molecular complexity index is 1430. The summed E-state index contributed by atoms with van der Waals surface area (Å²) in [4.78, 5) is 28.6. The number of nitrogens with one attached hydrogen (secondary N) is 1. The largest absolute Gasteiger partial charge is 0.350 e. The van der Waals surface area contributed by atoms with Gasteiger partial charge >= 0.3 is 0 Å². The fraction of sp³-hybridized carbons (Fsp3) is 0.333. The summed E-state index contributed by atoms with van der Waals surface area (Å²) in [6.45, 7) is 10.7. The van der Waals surface area contributed by atoms with Crippen LogP contribution in [0.25, 0.3) is 0 Å². The molecule has 1 N–H and O–H groups in total. The molecule has 0 aliphatic heterocycles. The van der Waals surface area contributed by atoms with Crippen LogP contribution in [0.4, 0.5) is 5.69 Å². The highest BCUT2D eigenvalue weighted by atomic mass is 35.5. The van der Waals surface area contributed by atoms with E-state index in [9.17, 15) is 18.0 Å². The quantitative estimate of drug-likeness (QED) is 0.369. The molecule has 0 aliphatic carbocycles. The molecular weight excluding hydrogens is 534 g/mol. The third kappa shape index (κ3) is 8.07. The fourth-order valence-corrected chi connectivity index (χ4v) is 5.64. The van der Waals surface area contributed by atoms with Crippen molar-refractivity contribution in [3.8, 4) is 0 Å². The number of sulfonamides is 1.